The number of alkyl halides is 3. The molecule has 0 spiro atoms. The van der Waals surface area contributed by atoms with Crippen LogP contribution in [0.3, 0.4) is 0 Å². The normalized spacial score (nSPS) is 10.3. The molecule has 0 fully saturated rings. The van der Waals surface area contributed by atoms with Crippen molar-refractivity contribution in [2.24, 2.45) is 5.14 Å². The Balaban J connectivity index is 0.000000395. The average molecular weight is 437 g/mol. The molecule has 0 radical (unpaired) electrons. The van der Waals surface area contributed by atoms with E-state index in [2.05, 4.69) is 77.9 Å². The van der Waals surface area contributed by atoms with Crippen LogP contribution in [0, 0.1) is 0 Å². The van der Waals surface area contributed by atoms with Gasteiger partial charge in [-0.05, 0) is 43.1 Å². The molecule has 5 nitrogen and oxygen atoms in total. The second-order valence-corrected chi connectivity index (χ2v) is 6.52. The number of hydrogen-bond acceptors (Lipinski definition) is 4. The summed E-state index contributed by atoms with van der Waals surface area (Å²) in [5, 5.41) is 14.9. The Morgan fingerprint density at radius 3 is 1.00 bits per heavy atom. The van der Waals surface area contributed by atoms with Crippen LogP contribution < -0.4 is 17.4 Å². The molecular formula is C21H22F3N3O2S. The van der Waals surface area contributed by atoms with Crippen molar-refractivity contribution in [3.8, 4) is 0 Å². The first-order chi connectivity index (χ1) is 13.4. The maximum absolute atomic E-state index is 9.67. The third-order valence-corrected chi connectivity index (χ3v) is 4.39. The number of fused-ring (bicyclic) bond motifs is 2. The molecule has 9 heteroatoms. The van der Waals surface area contributed by atoms with Gasteiger partial charge in [-0.2, -0.15) is 13.2 Å². The van der Waals surface area contributed by atoms with Crippen LogP contribution in [0.5, 0.6) is 0 Å². The summed E-state index contributed by atoms with van der Waals surface area (Å²) >= 11 is 0. The first kappa shape index (κ1) is 25.1. The van der Waals surface area contributed by atoms with Gasteiger partial charge in [0.1, 0.15) is 0 Å². The van der Waals surface area contributed by atoms with Crippen LogP contribution in [-0.2, 0) is 10.9 Å². The van der Waals surface area contributed by atoms with Crippen molar-refractivity contribution < 1.29 is 21.6 Å². The first-order valence-corrected chi connectivity index (χ1v) is 9.50. The van der Waals surface area contributed by atoms with Gasteiger partial charge in [0.2, 0.25) is 0 Å². The Hall–Kier alpha value is -2.98. The van der Waals surface area contributed by atoms with E-state index in [0.29, 0.717) is 0 Å². The quantitative estimate of drug-likeness (QED) is 0.140. The van der Waals surface area contributed by atoms with Crippen molar-refractivity contribution in [3.05, 3.63) is 72.8 Å². The van der Waals surface area contributed by atoms with E-state index < -0.39 is 17.6 Å². The van der Waals surface area contributed by atoms with Crippen LogP contribution in [0.1, 0.15) is 0 Å². The fourth-order valence-electron chi connectivity index (χ4n) is 3.58. The maximum Gasteiger partial charge on any atom is 0.379 e. The van der Waals surface area contributed by atoms with E-state index in [1.807, 2.05) is 0 Å². The lowest BCUT2D eigenvalue weighted by Crippen LogP contribution is -1.85. The van der Waals surface area contributed by atoms with E-state index in [0.717, 1.165) is 0 Å². The van der Waals surface area contributed by atoms with Gasteiger partial charge in [0, 0.05) is 0 Å². The van der Waals surface area contributed by atoms with Crippen molar-refractivity contribution in [3.63, 3.8) is 0 Å². The van der Waals surface area contributed by atoms with E-state index in [1.165, 1.54) is 43.1 Å². The Bertz CT molecular complexity index is 1150. The standard InChI is InChI=1S/C20H12.CHF3.H3NO2S.2H3N/c1-5-13-6-2-11-17-18-12-4-8-14-7-3-10-16(20(14)18)15(9-1)19(13)17;2-1(3)4;1-4(2)3;;/h1-12H;1H;4H,(H2,1,2,3);2*1H3. The van der Waals surface area contributed by atoms with Gasteiger partial charge in [-0.1, -0.05) is 72.8 Å². The summed E-state index contributed by atoms with van der Waals surface area (Å²) in [7, 11) is -2.62. The minimum atomic E-state index is -3.67. The van der Waals surface area contributed by atoms with E-state index >= 15 is 0 Å². The van der Waals surface area contributed by atoms with Crippen LogP contribution in [0.2, 0.25) is 0 Å². The average Bonchev–Trinajstić information content (AvgIpc) is 2.65. The van der Waals surface area contributed by atoms with Gasteiger partial charge in [-0.15, -0.1) is 0 Å². The van der Waals surface area contributed by atoms with Crippen LogP contribution >= 0.6 is 0 Å². The molecule has 160 valence electrons. The zero-order chi connectivity index (χ0) is 20.3. The van der Waals surface area contributed by atoms with Crippen LogP contribution in [-0.4, -0.2) is 15.1 Å². The molecule has 0 heterocycles. The van der Waals surface area contributed by atoms with E-state index in [9.17, 15) is 13.2 Å². The minimum Gasteiger partial charge on any atom is -0.344 e. The Labute approximate surface area is 172 Å². The molecule has 0 atom stereocenters. The van der Waals surface area contributed by atoms with Crippen LogP contribution in [0.25, 0.3) is 43.1 Å². The fourth-order valence-corrected chi connectivity index (χ4v) is 3.58. The molecule has 8 N–H and O–H groups in total. The summed E-state index contributed by atoms with van der Waals surface area (Å²) in [5.74, 6) is 0. The molecule has 0 aliphatic heterocycles. The first-order valence-electron chi connectivity index (χ1n) is 8.25. The molecule has 0 unspecified atom stereocenters. The topological polar surface area (TPSA) is 130 Å². The second kappa shape index (κ2) is 10.7. The molecule has 0 saturated heterocycles. The van der Waals surface area contributed by atoms with Gasteiger partial charge in [-0.25, -0.2) is 13.6 Å². The lowest BCUT2D eigenvalue weighted by Gasteiger charge is -2.13. The molecule has 30 heavy (non-hydrogen) atoms. The van der Waals surface area contributed by atoms with Crippen molar-refractivity contribution in [1.82, 2.24) is 12.3 Å². The minimum absolute atomic E-state index is 0. The summed E-state index contributed by atoms with van der Waals surface area (Å²) < 4.78 is 46.6. The predicted octanol–water partition coefficient (Wildman–Crippen LogP) is 5.71. The maximum atomic E-state index is 9.67. The smallest absolute Gasteiger partial charge is 0.344 e. The molecule has 0 amide bonds. The third-order valence-electron chi connectivity index (χ3n) is 4.39. The number of thiol groups is 1. The van der Waals surface area contributed by atoms with Crippen molar-refractivity contribution in [1.29, 1.82) is 0 Å². The summed E-state index contributed by atoms with van der Waals surface area (Å²) in [5.41, 5.74) is 0. The van der Waals surface area contributed by atoms with E-state index in [1.54, 1.807) is 0 Å². The van der Waals surface area contributed by atoms with E-state index in [-0.39, 0.29) is 12.3 Å². The summed E-state index contributed by atoms with van der Waals surface area (Å²) in [6.45, 7) is -3.67. The zero-order valence-corrected chi connectivity index (χ0v) is 16.8. The molecule has 5 aromatic rings. The van der Waals surface area contributed by atoms with Gasteiger partial charge in [0.25, 0.3) is 0 Å². The third kappa shape index (κ3) is 5.14. The van der Waals surface area contributed by atoms with Gasteiger partial charge >= 0.3 is 6.68 Å². The molecule has 0 aromatic heterocycles. The molecule has 0 aliphatic carbocycles. The summed E-state index contributed by atoms with van der Waals surface area (Å²) in [6.07, 6.45) is 0. The van der Waals surface area contributed by atoms with E-state index in [4.69, 9.17) is 8.42 Å². The highest BCUT2D eigenvalue weighted by atomic mass is 32.2. The van der Waals surface area contributed by atoms with Crippen LogP contribution in [0.4, 0.5) is 13.2 Å². The second-order valence-electron chi connectivity index (χ2n) is 5.95. The Morgan fingerprint density at radius 2 is 0.800 bits per heavy atom. The highest BCUT2D eigenvalue weighted by Gasteiger charge is 2.11. The fraction of sp³-hybridized carbons (Fsp3) is 0.0476. The molecule has 5 rings (SSSR count). The highest BCUT2D eigenvalue weighted by molar-refractivity contribution is 7.69. The zero-order valence-electron chi connectivity index (χ0n) is 15.9. The van der Waals surface area contributed by atoms with Gasteiger partial charge in [-0.3, -0.25) is 0 Å². The molecule has 0 aliphatic rings. The Morgan fingerprint density at radius 1 is 0.600 bits per heavy atom. The summed E-state index contributed by atoms with van der Waals surface area (Å²) in [6, 6.07) is 26.4. The lowest BCUT2D eigenvalue weighted by atomic mass is 9.90. The molecule has 5 aromatic carbocycles. The lowest BCUT2D eigenvalue weighted by molar-refractivity contribution is 0.00819. The van der Waals surface area contributed by atoms with Gasteiger partial charge in [0.15, 0.2) is 10.9 Å². The number of rotatable bonds is 0. The summed E-state index contributed by atoms with van der Waals surface area (Å²) in [4.78, 5) is 0. The largest absolute Gasteiger partial charge is 0.379 e. The number of halogens is 3. The monoisotopic (exact) mass is 437 g/mol. The van der Waals surface area contributed by atoms with Crippen molar-refractivity contribution in [2.75, 3.05) is 0 Å². The van der Waals surface area contributed by atoms with Crippen molar-refractivity contribution >= 4 is 54.0 Å². The molecular weight excluding hydrogens is 415 g/mol. The molecule has 0 saturated carbocycles. The number of nitrogens with two attached hydrogens (primary N) is 1. The van der Waals surface area contributed by atoms with Crippen molar-refractivity contribution in [2.45, 2.75) is 6.68 Å². The predicted molar refractivity (Wildman–Crippen MR) is 119 cm³/mol. The highest BCUT2D eigenvalue weighted by Crippen LogP contribution is 2.39. The molecule has 0 bridgehead atoms. The number of hydrogen-bond donors (Lipinski definition) is 4. The SMILES string of the molecule is FC(F)F.N.N.N[SH](=O)=O.c1cc2cccc3c4cccc5cccc(c(c1)c23)c54. The Kier molecular flexibility index (Phi) is 8.94. The van der Waals surface area contributed by atoms with Crippen LogP contribution in [0.15, 0.2) is 72.8 Å². The number of benzene rings is 5. The van der Waals surface area contributed by atoms with Gasteiger partial charge < -0.3 is 12.3 Å². The van der Waals surface area contributed by atoms with Gasteiger partial charge in [0.05, 0.1) is 0 Å².